The summed E-state index contributed by atoms with van der Waals surface area (Å²) in [7, 11) is 0. The fraction of sp³-hybridized carbons (Fsp3) is 0.857. The molecule has 5 N–H and O–H groups in total. The molecule has 0 aromatic carbocycles. The van der Waals surface area contributed by atoms with Crippen molar-refractivity contribution in [3.63, 3.8) is 0 Å². The second-order valence-electron chi connectivity index (χ2n) is 8.17. The normalized spacial score (nSPS) is 20.8. The summed E-state index contributed by atoms with van der Waals surface area (Å²) >= 11 is 0. The number of rotatable bonds is 14. The average Bonchev–Trinajstić information content (AvgIpc) is 2.61. The molecule has 1 fully saturated rings. The van der Waals surface area contributed by atoms with Crippen LogP contribution in [0.3, 0.4) is 0 Å². The van der Waals surface area contributed by atoms with Crippen molar-refractivity contribution in [1.29, 1.82) is 0 Å². The Balaban J connectivity index is 2.16. The number of nitrogens with one attached hydrogen (secondary N) is 1. The molecule has 0 radical (unpaired) electrons. The Morgan fingerprint density at radius 1 is 0.889 bits per heavy atom. The van der Waals surface area contributed by atoms with E-state index in [4.69, 9.17) is 11.5 Å². The van der Waals surface area contributed by atoms with Gasteiger partial charge in [0.25, 0.3) is 0 Å². The second-order valence-corrected chi connectivity index (χ2v) is 8.17. The molecule has 1 rings (SSSR count). The third-order valence-electron chi connectivity index (χ3n) is 5.71. The number of amides is 3. The monoisotopic (exact) mass is 381 g/mol. The van der Waals surface area contributed by atoms with Crippen LogP contribution in [0.15, 0.2) is 0 Å². The van der Waals surface area contributed by atoms with Crippen LogP contribution in [-0.4, -0.2) is 23.8 Å². The lowest BCUT2D eigenvalue weighted by atomic mass is 9.83. The van der Waals surface area contributed by atoms with E-state index in [0.29, 0.717) is 0 Å². The summed E-state index contributed by atoms with van der Waals surface area (Å²) in [5.41, 5.74) is 10.4. The molecule has 1 aliphatic rings. The van der Waals surface area contributed by atoms with Crippen LogP contribution in [0, 0.1) is 11.8 Å². The number of carbonyl (C=O) groups is 3. The maximum atomic E-state index is 12.1. The fourth-order valence-corrected chi connectivity index (χ4v) is 4.01. The minimum absolute atomic E-state index is 0.0593. The van der Waals surface area contributed by atoms with Crippen LogP contribution in [0.4, 0.5) is 0 Å². The van der Waals surface area contributed by atoms with Crippen LogP contribution in [0.1, 0.15) is 96.8 Å². The Bertz CT molecular complexity index is 460. The molecule has 27 heavy (non-hydrogen) atoms. The molecular weight excluding hydrogens is 342 g/mol. The molecule has 156 valence electrons. The Labute approximate surface area is 164 Å². The van der Waals surface area contributed by atoms with E-state index in [0.717, 1.165) is 31.6 Å². The smallest absolute Gasteiger partial charge is 0.221 e. The molecule has 0 aromatic heterocycles. The maximum Gasteiger partial charge on any atom is 0.221 e. The van der Waals surface area contributed by atoms with Gasteiger partial charge in [0.2, 0.25) is 17.7 Å². The summed E-state index contributed by atoms with van der Waals surface area (Å²) in [5, 5.41) is 3.00. The number of nitrogens with two attached hydrogens (primary N) is 2. The molecule has 6 heteroatoms. The SMILES string of the molecule is CCCCCCCCCC1CCC(NC(=O)CC(CC(N)=O)C(N)=O)CC1. The molecule has 1 aliphatic carbocycles. The van der Waals surface area contributed by atoms with Crippen LogP contribution in [0.5, 0.6) is 0 Å². The van der Waals surface area contributed by atoms with Crippen molar-refractivity contribution in [2.24, 2.45) is 23.3 Å². The van der Waals surface area contributed by atoms with Gasteiger partial charge in [-0.3, -0.25) is 14.4 Å². The molecule has 0 bridgehead atoms. The van der Waals surface area contributed by atoms with Gasteiger partial charge in [0.15, 0.2) is 0 Å². The second kappa shape index (κ2) is 13.6. The van der Waals surface area contributed by atoms with E-state index >= 15 is 0 Å². The van der Waals surface area contributed by atoms with Crippen molar-refractivity contribution in [1.82, 2.24) is 5.32 Å². The number of hydrogen-bond donors (Lipinski definition) is 3. The van der Waals surface area contributed by atoms with Crippen molar-refractivity contribution in [2.75, 3.05) is 0 Å². The summed E-state index contributed by atoms with van der Waals surface area (Å²) in [4.78, 5) is 34.5. The molecule has 0 heterocycles. The van der Waals surface area contributed by atoms with Gasteiger partial charge in [-0.15, -0.1) is 0 Å². The van der Waals surface area contributed by atoms with Crippen molar-refractivity contribution < 1.29 is 14.4 Å². The maximum absolute atomic E-state index is 12.1. The lowest BCUT2D eigenvalue weighted by molar-refractivity contribution is -0.131. The molecule has 0 spiro atoms. The number of carbonyl (C=O) groups excluding carboxylic acids is 3. The van der Waals surface area contributed by atoms with E-state index in [1.54, 1.807) is 0 Å². The molecule has 0 saturated heterocycles. The van der Waals surface area contributed by atoms with E-state index in [9.17, 15) is 14.4 Å². The van der Waals surface area contributed by atoms with Crippen molar-refractivity contribution in [2.45, 2.75) is 103 Å². The van der Waals surface area contributed by atoms with Crippen LogP contribution >= 0.6 is 0 Å². The zero-order valence-corrected chi connectivity index (χ0v) is 17.0. The summed E-state index contributed by atoms with van der Waals surface area (Å²) < 4.78 is 0. The topological polar surface area (TPSA) is 115 Å². The van der Waals surface area contributed by atoms with Gasteiger partial charge in [0.05, 0.1) is 5.92 Å². The van der Waals surface area contributed by atoms with Gasteiger partial charge >= 0.3 is 0 Å². The van der Waals surface area contributed by atoms with Gasteiger partial charge in [0, 0.05) is 18.9 Å². The predicted molar refractivity (Wildman–Crippen MR) is 108 cm³/mol. The van der Waals surface area contributed by atoms with E-state index in [-0.39, 0.29) is 24.8 Å². The quantitative estimate of drug-likeness (QED) is 0.401. The number of unbranched alkanes of at least 4 members (excludes halogenated alkanes) is 6. The molecular formula is C21H39N3O3. The highest BCUT2D eigenvalue weighted by Gasteiger charge is 2.25. The lowest BCUT2D eigenvalue weighted by Crippen LogP contribution is -2.40. The summed E-state index contributed by atoms with van der Waals surface area (Å²) in [6, 6.07) is 0.171. The minimum Gasteiger partial charge on any atom is -0.370 e. The van der Waals surface area contributed by atoms with Crippen LogP contribution < -0.4 is 16.8 Å². The molecule has 1 unspecified atom stereocenters. The Hall–Kier alpha value is -1.59. The Morgan fingerprint density at radius 3 is 2.04 bits per heavy atom. The highest BCUT2D eigenvalue weighted by molar-refractivity contribution is 5.88. The third-order valence-corrected chi connectivity index (χ3v) is 5.71. The van der Waals surface area contributed by atoms with Crippen molar-refractivity contribution >= 4 is 17.7 Å². The van der Waals surface area contributed by atoms with Gasteiger partial charge < -0.3 is 16.8 Å². The van der Waals surface area contributed by atoms with Crippen LogP contribution in [-0.2, 0) is 14.4 Å². The molecule has 1 saturated carbocycles. The highest BCUT2D eigenvalue weighted by atomic mass is 16.2. The summed E-state index contributed by atoms with van der Waals surface area (Å²) in [6.45, 7) is 2.25. The summed E-state index contributed by atoms with van der Waals surface area (Å²) in [5.74, 6) is -1.51. The van der Waals surface area contributed by atoms with Crippen LogP contribution in [0.2, 0.25) is 0 Å². The average molecular weight is 382 g/mol. The zero-order chi connectivity index (χ0) is 20.1. The molecule has 0 aromatic rings. The van der Waals surface area contributed by atoms with Crippen LogP contribution in [0.25, 0.3) is 0 Å². The Kier molecular flexibility index (Phi) is 11.8. The number of primary amides is 2. The van der Waals surface area contributed by atoms with Gasteiger partial charge in [-0.05, 0) is 31.6 Å². The molecule has 6 nitrogen and oxygen atoms in total. The minimum atomic E-state index is -0.809. The molecule has 0 aliphatic heterocycles. The van der Waals surface area contributed by atoms with Gasteiger partial charge in [-0.2, -0.15) is 0 Å². The van der Waals surface area contributed by atoms with Gasteiger partial charge in [-0.1, -0.05) is 58.3 Å². The highest BCUT2D eigenvalue weighted by Crippen LogP contribution is 2.29. The van der Waals surface area contributed by atoms with E-state index < -0.39 is 17.7 Å². The first-order valence-electron chi connectivity index (χ1n) is 10.8. The lowest BCUT2D eigenvalue weighted by Gasteiger charge is -2.29. The standard InChI is InChI=1S/C21H39N3O3/c1-2-3-4-5-6-7-8-9-16-10-12-18(13-11-16)24-20(26)15-17(21(23)27)14-19(22)25/h16-18H,2-15H2,1H3,(H2,22,25)(H2,23,27)(H,24,26). The summed E-state index contributed by atoms with van der Waals surface area (Å²) in [6.07, 6.45) is 14.8. The van der Waals surface area contributed by atoms with Gasteiger partial charge in [0.1, 0.15) is 0 Å². The van der Waals surface area contributed by atoms with E-state index in [1.807, 2.05) is 0 Å². The molecule has 1 atom stereocenters. The first-order valence-corrected chi connectivity index (χ1v) is 10.8. The van der Waals surface area contributed by atoms with Crippen molar-refractivity contribution in [3.05, 3.63) is 0 Å². The fourth-order valence-electron chi connectivity index (χ4n) is 4.01. The van der Waals surface area contributed by atoms with Gasteiger partial charge in [-0.25, -0.2) is 0 Å². The Morgan fingerprint density at radius 2 is 1.48 bits per heavy atom. The van der Waals surface area contributed by atoms with E-state index in [2.05, 4.69) is 12.2 Å². The van der Waals surface area contributed by atoms with E-state index in [1.165, 1.54) is 51.4 Å². The largest absolute Gasteiger partial charge is 0.370 e. The predicted octanol–water partition coefficient (Wildman–Crippen LogP) is 3.17. The third kappa shape index (κ3) is 11.0. The number of hydrogen-bond acceptors (Lipinski definition) is 3. The first kappa shape index (κ1) is 23.4. The molecule has 3 amide bonds. The van der Waals surface area contributed by atoms with Crippen molar-refractivity contribution in [3.8, 4) is 0 Å². The zero-order valence-electron chi connectivity index (χ0n) is 17.0. The first-order chi connectivity index (χ1) is 12.9.